The molecule has 0 radical (unpaired) electrons. The highest BCUT2D eigenvalue weighted by atomic mass is 35.5. The average molecular weight is 295 g/mol. The van der Waals surface area contributed by atoms with Crippen LogP contribution in [-0.4, -0.2) is 17.1 Å². The van der Waals surface area contributed by atoms with E-state index < -0.39 is 0 Å². The van der Waals surface area contributed by atoms with Crippen molar-refractivity contribution in [3.63, 3.8) is 0 Å². The number of anilines is 1. The summed E-state index contributed by atoms with van der Waals surface area (Å²) in [4.78, 5) is 14.2. The molecule has 2 aromatic rings. The van der Waals surface area contributed by atoms with Crippen LogP contribution in [0.25, 0.3) is 0 Å². The van der Waals surface area contributed by atoms with E-state index in [4.69, 9.17) is 16.1 Å². The van der Waals surface area contributed by atoms with Crippen molar-refractivity contribution in [1.82, 2.24) is 5.16 Å². The Labute approximate surface area is 120 Å². The van der Waals surface area contributed by atoms with Gasteiger partial charge in [0.15, 0.2) is 5.69 Å². The maximum atomic E-state index is 13.0. The van der Waals surface area contributed by atoms with Crippen molar-refractivity contribution in [2.75, 3.05) is 4.90 Å². The molecular formula is C14H12ClFN2O2. The molecule has 0 atom stereocenters. The number of carbonyl (C=O) groups is 1. The summed E-state index contributed by atoms with van der Waals surface area (Å²) >= 11 is 5.89. The molecule has 0 spiro atoms. The van der Waals surface area contributed by atoms with Crippen LogP contribution >= 0.6 is 11.6 Å². The number of benzene rings is 1. The molecule has 0 unspecified atom stereocenters. The predicted molar refractivity (Wildman–Crippen MR) is 72.4 cm³/mol. The van der Waals surface area contributed by atoms with Crippen molar-refractivity contribution in [3.8, 4) is 0 Å². The Kier molecular flexibility index (Phi) is 3.44. The number of aromatic nitrogens is 1. The van der Waals surface area contributed by atoms with Crippen molar-refractivity contribution in [2.24, 2.45) is 0 Å². The van der Waals surface area contributed by atoms with Crippen LogP contribution in [0.2, 0.25) is 5.02 Å². The zero-order valence-corrected chi connectivity index (χ0v) is 11.3. The first kappa shape index (κ1) is 13.1. The highest BCUT2D eigenvalue weighted by Crippen LogP contribution is 2.32. The monoisotopic (exact) mass is 294 g/mol. The van der Waals surface area contributed by atoms with Crippen molar-refractivity contribution in [2.45, 2.75) is 25.3 Å². The van der Waals surface area contributed by atoms with E-state index in [1.54, 1.807) is 17.0 Å². The fourth-order valence-corrected chi connectivity index (χ4v) is 2.38. The zero-order valence-electron chi connectivity index (χ0n) is 10.6. The molecule has 1 amide bonds. The van der Waals surface area contributed by atoms with Crippen LogP contribution in [0, 0.1) is 5.82 Å². The van der Waals surface area contributed by atoms with Crippen LogP contribution in [0.1, 0.15) is 29.8 Å². The predicted octanol–water partition coefficient (Wildman–Crippen LogP) is 3.67. The van der Waals surface area contributed by atoms with Crippen molar-refractivity contribution in [1.29, 1.82) is 0 Å². The number of carbonyl (C=O) groups excluding carboxylic acids is 1. The summed E-state index contributed by atoms with van der Waals surface area (Å²) in [6, 6.07) is 5.93. The lowest BCUT2D eigenvalue weighted by atomic mass is 9.90. The third kappa shape index (κ3) is 2.29. The van der Waals surface area contributed by atoms with E-state index in [2.05, 4.69) is 5.16 Å². The molecule has 104 valence electrons. The molecule has 20 heavy (non-hydrogen) atoms. The molecule has 6 heteroatoms. The van der Waals surface area contributed by atoms with Gasteiger partial charge in [0.25, 0.3) is 5.91 Å². The lowest BCUT2D eigenvalue weighted by molar-refractivity contribution is 0.0955. The first-order valence-corrected chi connectivity index (χ1v) is 6.73. The summed E-state index contributed by atoms with van der Waals surface area (Å²) in [7, 11) is 0. The molecule has 1 heterocycles. The molecule has 0 bridgehead atoms. The van der Waals surface area contributed by atoms with E-state index in [1.165, 1.54) is 18.4 Å². The van der Waals surface area contributed by atoms with Crippen LogP contribution in [0.15, 0.2) is 35.1 Å². The number of nitrogens with zero attached hydrogens (tertiary/aromatic N) is 2. The van der Waals surface area contributed by atoms with Crippen LogP contribution in [0.4, 0.5) is 10.1 Å². The molecule has 0 N–H and O–H groups in total. The van der Waals surface area contributed by atoms with Gasteiger partial charge < -0.3 is 9.42 Å². The lowest BCUT2D eigenvalue weighted by Gasteiger charge is -2.37. The van der Waals surface area contributed by atoms with E-state index in [0.717, 1.165) is 19.3 Å². The van der Waals surface area contributed by atoms with Gasteiger partial charge in [-0.15, -0.1) is 0 Å². The summed E-state index contributed by atoms with van der Waals surface area (Å²) in [5.74, 6) is -0.658. The molecule has 0 saturated heterocycles. The summed E-state index contributed by atoms with van der Waals surface area (Å²) in [6.07, 6.45) is 4.12. The number of hydrogen-bond donors (Lipinski definition) is 0. The average Bonchev–Trinajstić information content (AvgIpc) is 2.80. The van der Waals surface area contributed by atoms with Gasteiger partial charge in [0.05, 0.1) is 0 Å². The molecule has 1 fully saturated rings. The Bertz CT molecular complexity index is 622. The first-order chi connectivity index (χ1) is 9.66. The number of amides is 1. The normalized spacial score (nSPS) is 14.9. The van der Waals surface area contributed by atoms with E-state index in [0.29, 0.717) is 5.69 Å². The maximum Gasteiger partial charge on any atom is 0.282 e. The van der Waals surface area contributed by atoms with Crippen LogP contribution < -0.4 is 4.90 Å². The van der Waals surface area contributed by atoms with Crippen LogP contribution in [-0.2, 0) is 0 Å². The third-order valence-electron chi connectivity index (χ3n) is 3.49. The van der Waals surface area contributed by atoms with E-state index in [-0.39, 0.29) is 28.5 Å². The maximum absolute atomic E-state index is 13.0. The standard InChI is InChI=1S/C14H12ClFN2O2/c15-12-8-20-17-13(12)14(19)18(10-2-1-3-10)11-6-4-9(16)5-7-11/h4-8,10H,1-3H2. The Morgan fingerprint density at radius 3 is 2.55 bits per heavy atom. The molecule has 4 nitrogen and oxygen atoms in total. The second-order valence-corrected chi connectivity index (χ2v) is 5.15. The number of halogens is 2. The van der Waals surface area contributed by atoms with Gasteiger partial charge in [-0.2, -0.15) is 0 Å². The smallest absolute Gasteiger partial charge is 0.282 e. The summed E-state index contributed by atoms with van der Waals surface area (Å²) < 4.78 is 17.7. The highest BCUT2D eigenvalue weighted by molar-refractivity contribution is 6.34. The van der Waals surface area contributed by atoms with Gasteiger partial charge in [-0.1, -0.05) is 16.8 Å². The van der Waals surface area contributed by atoms with Crippen LogP contribution in [0.5, 0.6) is 0 Å². The molecule has 1 aliphatic rings. The minimum atomic E-state index is -0.339. The first-order valence-electron chi connectivity index (χ1n) is 6.36. The van der Waals surface area contributed by atoms with Gasteiger partial charge in [0.1, 0.15) is 17.1 Å². The minimum absolute atomic E-state index is 0.0860. The van der Waals surface area contributed by atoms with Crippen molar-refractivity contribution in [3.05, 3.63) is 47.1 Å². The second-order valence-electron chi connectivity index (χ2n) is 4.75. The van der Waals surface area contributed by atoms with Gasteiger partial charge in [0, 0.05) is 11.7 Å². The zero-order chi connectivity index (χ0) is 14.1. The molecule has 1 aliphatic carbocycles. The van der Waals surface area contributed by atoms with Gasteiger partial charge >= 0.3 is 0 Å². The molecule has 1 aromatic carbocycles. The fraction of sp³-hybridized carbons (Fsp3) is 0.286. The third-order valence-corrected chi connectivity index (χ3v) is 3.76. The lowest BCUT2D eigenvalue weighted by Crippen LogP contribution is -2.44. The van der Waals surface area contributed by atoms with Crippen LogP contribution in [0.3, 0.4) is 0 Å². The highest BCUT2D eigenvalue weighted by Gasteiger charge is 2.33. The van der Waals surface area contributed by atoms with E-state index >= 15 is 0 Å². The molecule has 1 aromatic heterocycles. The van der Waals surface area contributed by atoms with Gasteiger partial charge in [0.2, 0.25) is 0 Å². The molecular weight excluding hydrogens is 283 g/mol. The Balaban J connectivity index is 1.96. The summed E-state index contributed by atoms with van der Waals surface area (Å²) in [5.41, 5.74) is 0.725. The van der Waals surface area contributed by atoms with Crippen molar-refractivity contribution < 1.29 is 13.7 Å². The Hall–Kier alpha value is -1.88. The number of rotatable bonds is 3. The SMILES string of the molecule is O=C(c1nocc1Cl)N(c1ccc(F)cc1)C1CCC1. The Morgan fingerprint density at radius 2 is 2.05 bits per heavy atom. The summed E-state index contributed by atoms with van der Waals surface area (Å²) in [5, 5.41) is 3.83. The molecule has 3 rings (SSSR count). The largest absolute Gasteiger partial charge is 0.362 e. The molecule has 0 aliphatic heterocycles. The van der Waals surface area contributed by atoms with Gasteiger partial charge in [-0.3, -0.25) is 4.79 Å². The minimum Gasteiger partial charge on any atom is -0.362 e. The van der Waals surface area contributed by atoms with E-state index in [9.17, 15) is 9.18 Å². The molecule has 1 saturated carbocycles. The van der Waals surface area contributed by atoms with E-state index in [1.807, 2.05) is 0 Å². The van der Waals surface area contributed by atoms with Crippen molar-refractivity contribution >= 4 is 23.2 Å². The fourth-order valence-electron chi connectivity index (χ4n) is 2.22. The Morgan fingerprint density at radius 1 is 1.35 bits per heavy atom. The number of hydrogen-bond acceptors (Lipinski definition) is 3. The topological polar surface area (TPSA) is 46.3 Å². The van der Waals surface area contributed by atoms with Gasteiger partial charge in [-0.25, -0.2) is 4.39 Å². The quantitative estimate of drug-likeness (QED) is 0.868. The second kappa shape index (κ2) is 5.25. The summed E-state index contributed by atoms with van der Waals surface area (Å²) in [6.45, 7) is 0. The van der Waals surface area contributed by atoms with Gasteiger partial charge in [-0.05, 0) is 43.5 Å².